The lowest BCUT2D eigenvalue weighted by molar-refractivity contribution is 0.389. The number of phenols is 1. The van der Waals surface area contributed by atoms with Crippen molar-refractivity contribution < 1.29 is 10.3 Å². The Hall–Kier alpha value is -1.65. The van der Waals surface area contributed by atoms with E-state index in [4.69, 9.17) is 10.3 Å². The lowest BCUT2D eigenvalue weighted by atomic mass is 10.2. The van der Waals surface area contributed by atoms with E-state index in [1.165, 1.54) is 0 Å². The van der Waals surface area contributed by atoms with Gasteiger partial charge in [0.25, 0.3) is 0 Å². The van der Waals surface area contributed by atoms with Crippen LogP contribution in [0.4, 0.5) is 5.69 Å². The predicted octanol–water partition coefficient (Wildman–Crippen LogP) is 3.49. The third kappa shape index (κ3) is 3.41. The van der Waals surface area contributed by atoms with Crippen LogP contribution in [0.25, 0.3) is 0 Å². The zero-order valence-corrected chi connectivity index (χ0v) is 9.95. The number of aromatic hydroxyl groups is 1. The van der Waals surface area contributed by atoms with Crippen molar-refractivity contribution >= 4 is 17.4 Å². The molecular weight excluding hydrogens is 234 g/mol. The topological polar surface area (TPSA) is 52.5 Å². The minimum atomic E-state index is 0.289. The van der Waals surface area contributed by atoms with Gasteiger partial charge in [0.15, 0.2) is 0 Å². The van der Waals surface area contributed by atoms with Gasteiger partial charge in [-0.25, -0.2) is 0 Å². The van der Waals surface area contributed by atoms with E-state index >= 15 is 0 Å². The van der Waals surface area contributed by atoms with Gasteiger partial charge in [-0.1, -0.05) is 12.1 Å². The van der Waals surface area contributed by atoms with Crippen molar-refractivity contribution in [2.45, 2.75) is 10.6 Å². The Labute approximate surface area is 104 Å². The number of hydrogen-bond acceptors (Lipinski definition) is 4. The molecule has 0 bridgehead atoms. The normalized spacial score (nSPS) is 10.2. The molecular formula is C13H13NO2S. The van der Waals surface area contributed by atoms with Crippen LogP contribution >= 0.6 is 11.8 Å². The first kappa shape index (κ1) is 11.8. The van der Waals surface area contributed by atoms with E-state index in [9.17, 15) is 0 Å². The first-order valence-corrected chi connectivity index (χ1v) is 6.17. The molecule has 0 fully saturated rings. The molecule has 88 valence electrons. The number of hydrogen-bond donors (Lipinski definition) is 3. The monoisotopic (exact) mass is 247 g/mol. The molecule has 3 nitrogen and oxygen atoms in total. The largest absolute Gasteiger partial charge is 0.508 e. The molecule has 3 N–H and O–H groups in total. The van der Waals surface area contributed by atoms with E-state index in [1.54, 1.807) is 23.9 Å². The molecule has 0 spiro atoms. The number of benzene rings is 2. The lowest BCUT2D eigenvalue weighted by Gasteiger charge is -2.03. The Morgan fingerprint density at radius 2 is 1.59 bits per heavy atom. The van der Waals surface area contributed by atoms with Crippen LogP contribution in [0.15, 0.2) is 53.4 Å². The fourth-order valence-electron chi connectivity index (χ4n) is 1.38. The summed E-state index contributed by atoms with van der Waals surface area (Å²) < 4.78 is 0. The molecule has 2 aromatic carbocycles. The van der Waals surface area contributed by atoms with Crippen LogP contribution in [0.1, 0.15) is 5.56 Å². The molecule has 0 aliphatic heterocycles. The molecule has 0 amide bonds. The molecule has 2 rings (SSSR count). The van der Waals surface area contributed by atoms with Crippen LogP contribution in [0.5, 0.6) is 5.75 Å². The van der Waals surface area contributed by atoms with Crippen LogP contribution in [0, 0.1) is 0 Å². The number of phenolic OH excluding ortho intramolecular Hbond substituents is 1. The summed E-state index contributed by atoms with van der Waals surface area (Å²) in [5.74, 6) is 1.14. The fraction of sp³-hybridized carbons (Fsp3) is 0.0769. The summed E-state index contributed by atoms with van der Waals surface area (Å²) in [6, 6.07) is 14.7. The zero-order valence-electron chi connectivity index (χ0n) is 9.13. The second kappa shape index (κ2) is 5.61. The second-order valence-electron chi connectivity index (χ2n) is 3.59. The Morgan fingerprint density at radius 1 is 0.941 bits per heavy atom. The molecule has 0 unspecified atom stereocenters. The maximum absolute atomic E-state index is 9.16. The number of anilines is 1. The van der Waals surface area contributed by atoms with Gasteiger partial charge in [0.05, 0.1) is 5.69 Å². The first-order valence-electron chi connectivity index (χ1n) is 5.19. The van der Waals surface area contributed by atoms with Gasteiger partial charge >= 0.3 is 0 Å². The molecule has 0 aromatic heterocycles. The molecule has 4 heteroatoms. The van der Waals surface area contributed by atoms with Gasteiger partial charge in [-0.3, -0.25) is 10.7 Å². The Kier molecular flexibility index (Phi) is 3.90. The van der Waals surface area contributed by atoms with E-state index in [2.05, 4.69) is 5.48 Å². The maximum atomic E-state index is 9.16. The van der Waals surface area contributed by atoms with E-state index in [0.717, 1.165) is 16.2 Å². The number of rotatable bonds is 4. The van der Waals surface area contributed by atoms with Gasteiger partial charge in [0.1, 0.15) is 5.75 Å². The van der Waals surface area contributed by atoms with Crippen molar-refractivity contribution in [2.24, 2.45) is 0 Å². The van der Waals surface area contributed by atoms with Gasteiger partial charge in [-0.2, -0.15) is 0 Å². The van der Waals surface area contributed by atoms with Crippen LogP contribution in [-0.2, 0) is 5.75 Å². The fourth-order valence-corrected chi connectivity index (χ4v) is 2.24. The van der Waals surface area contributed by atoms with Crippen molar-refractivity contribution in [1.29, 1.82) is 0 Å². The summed E-state index contributed by atoms with van der Waals surface area (Å²) in [6.07, 6.45) is 0. The molecule has 0 heterocycles. The smallest absolute Gasteiger partial charge is 0.115 e. The van der Waals surface area contributed by atoms with Crippen LogP contribution in [-0.4, -0.2) is 10.3 Å². The predicted molar refractivity (Wildman–Crippen MR) is 69.5 cm³/mol. The summed E-state index contributed by atoms with van der Waals surface area (Å²) >= 11 is 1.71. The minimum absolute atomic E-state index is 0.289. The molecule has 0 saturated carbocycles. The third-order valence-corrected chi connectivity index (χ3v) is 3.41. The zero-order chi connectivity index (χ0) is 12.1. The van der Waals surface area contributed by atoms with Crippen molar-refractivity contribution in [3.63, 3.8) is 0 Å². The van der Waals surface area contributed by atoms with Gasteiger partial charge in [-0.05, 0) is 42.0 Å². The molecule has 0 atom stereocenters. The Bertz CT molecular complexity index is 468. The van der Waals surface area contributed by atoms with Gasteiger partial charge in [0, 0.05) is 10.6 Å². The second-order valence-corrected chi connectivity index (χ2v) is 4.64. The quantitative estimate of drug-likeness (QED) is 0.572. The Morgan fingerprint density at radius 3 is 2.18 bits per heavy atom. The molecule has 0 aliphatic rings. The molecule has 0 saturated heterocycles. The summed E-state index contributed by atoms with van der Waals surface area (Å²) in [6.45, 7) is 0. The van der Waals surface area contributed by atoms with Crippen LogP contribution in [0.3, 0.4) is 0 Å². The molecule has 17 heavy (non-hydrogen) atoms. The van der Waals surface area contributed by atoms with Crippen molar-refractivity contribution in [3.05, 3.63) is 54.1 Å². The van der Waals surface area contributed by atoms with Crippen molar-refractivity contribution in [3.8, 4) is 5.75 Å². The van der Waals surface area contributed by atoms with Gasteiger partial charge in [0.2, 0.25) is 0 Å². The first-order chi connectivity index (χ1) is 8.28. The number of thioether (sulfide) groups is 1. The van der Waals surface area contributed by atoms with Crippen LogP contribution in [0.2, 0.25) is 0 Å². The third-order valence-electron chi connectivity index (χ3n) is 2.33. The van der Waals surface area contributed by atoms with Crippen molar-refractivity contribution in [2.75, 3.05) is 5.48 Å². The molecule has 0 radical (unpaired) electrons. The Balaban J connectivity index is 1.95. The van der Waals surface area contributed by atoms with Crippen molar-refractivity contribution in [1.82, 2.24) is 0 Å². The highest BCUT2D eigenvalue weighted by atomic mass is 32.2. The summed E-state index contributed by atoms with van der Waals surface area (Å²) in [4.78, 5) is 1.14. The maximum Gasteiger partial charge on any atom is 0.115 e. The van der Waals surface area contributed by atoms with Gasteiger partial charge in [-0.15, -0.1) is 11.8 Å². The highest BCUT2D eigenvalue weighted by molar-refractivity contribution is 7.98. The summed E-state index contributed by atoms with van der Waals surface area (Å²) in [7, 11) is 0. The molecule has 2 aromatic rings. The standard InChI is InChI=1S/C13H13NO2S/c15-12-5-1-10(2-6-12)9-17-13-7-3-11(14-16)4-8-13/h1-8,14-16H,9H2. The summed E-state index contributed by atoms with van der Waals surface area (Å²) in [5.41, 5.74) is 3.94. The minimum Gasteiger partial charge on any atom is -0.508 e. The van der Waals surface area contributed by atoms with Gasteiger partial charge < -0.3 is 5.11 Å². The highest BCUT2D eigenvalue weighted by Crippen LogP contribution is 2.24. The van der Waals surface area contributed by atoms with E-state index in [-0.39, 0.29) is 5.75 Å². The molecule has 0 aliphatic carbocycles. The van der Waals surface area contributed by atoms with E-state index in [1.807, 2.05) is 36.4 Å². The van der Waals surface area contributed by atoms with E-state index in [0.29, 0.717) is 5.69 Å². The summed E-state index contributed by atoms with van der Waals surface area (Å²) in [5, 5.41) is 17.8. The highest BCUT2D eigenvalue weighted by Gasteiger charge is 1.97. The number of nitrogens with one attached hydrogen (secondary N) is 1. The SMILES string of the molecule is ONc1ccc(SCc2ccc(O)cc2)cc1. The lowest BCUT2D eigenvalue weighted by Crippen LogP contribution is -1.87. The average Bonchev–Trinajstić information content (AvgIpc) is 2.39. The average molecular weight is 247 g/mol. The van der Waals surface area contributed by atoms with E-state index < -0.39 is 0 Å². The van der Waals surface area contributed by atoms with Crippen LogP contribution < -0.4 is 5.48 Å².